The van der Waals surface area contributed by atoms with Crippen LogP contribution in [0.1, 0.15) is 18.2 Å². The molecule has 2 heterocycles. The lowest BCUT2D eigenvalue weighted by molar-refractivity contribution is -0.384. The fourth-order valence-electron chi connectivity index (χ4n) is 3.12. The fraction of sp³-hybridized carbons (Fsp3) is 0.136. The van der Waals surface area contributed by atoms with Crippen LogP contribution in [0.3, 0.4) is 0 Å². The van der Waals surface area contributed by atoms with Gasteiger partial charge in [-0.15, -0.1) is 0 Å². The molecule has 7 nitrogen and oxygen atoms in total. The zero-order chi connectivity index (χ0) is 22.8. The molecule has 164 valence electrons. The number of anilines is 1. The molecule has 0 aliphatic carbocycles. The quantitative estimate of drug-likeness (QED) is 0.238. The van der Waals surface area contributed by atoms with Crippen LogP contribution in [0.5, 0.6) is 0 Å². The second-order valence-corrected chi connectivity index (χ2v) is 8.88. The van der Waals surface area contributed by atoms with Gasteiger partial charge in [-0.25, -0.2) is 0 Å². The van der Waals surface area contributed by atoms with Gasteiger partial charge in [0.1, 0.15) is 16.5 Å². The Kier molecular flexibility index (Phi) is 6.45. The van der Waals surface area contributed by atoms with E-state index in [2.05, 4.69) is 17.6 Å². The molecule has 1 atom stereocenters. The SMILES string of the molecule is CCc1ccc(N[C@@H]2NC(=O)/C(=C/c3ccc(-c4cc([N+](=O)[O-])c(Cl)cc4Cl)o3)S2)cc1. The summed E-state index contributed by atoms with van der Waals surface area (Å²) in [6.07, 6.45) is 2.57. The van der Waals surface area contributed by atoms with Crippen LogP contribution < -0.4 is 10.6 Å². The van der Waals surface area contributed by atoms with Gasteiger partial charge in [-0.3, -0.25) is 14.9 Å². The number of hydrogen-bond acceptors (Lipinski definition) is 6. The van der Waals surface area contributed by atoms with Crippen molar-refractivity contribution in [2.75, 3.05) is 5.32 Å². The molecular formula is C22H17Cl2N3O4S. The highest BCUT2D eigenvalue weighted by Gasteiger charge is 2.27. The van der Waals surface area contributed by atoms with Gasteiger partial charge in [0.25, 0.3) is 11.6 Å². The van der Waals surface area contributed by atoms with Crippen molar-refractivity contribution in [3.63, 3.8) is 0 Å². The number of nitro groups is 1. The zero-order valence-corrected chi connectivity index (χ0v) is 19.1. The maximum absolute atomic E-state index is 12.4. The molecule has 1 saturated heterocycles. The number of hydrogen-bond donors (Lipinski definition) is 2. The van der Waals surface area contributed by atoms with Crippen LogP contribution in [0.4, 0.5) is 11.4 Å². The number of thioether (sulfide) groups is 1. The Labute approximate surface area is 197 Å². The van der Waals surface area contributed by atoms with Gasteiger partial charge in [-0.2, -0.15) is 0 Å². The summed E-state index contributed by atoms with van der Waals surface area (Å²) in [6, 6.07) is 13.9. The van der Waals surface area contributed by atoms with Crippen LogP contribution >= 0.6 is 35.0 Å². The molecule has 1 aliphatic heterocycles. The summed E-state index contributed by atoms with van der Waals surface area (Å²) in [5.74, 6) is 0.519. The van der Waals surface area contributed by atoms with Gasteiger partial charge in [-0.05, 0) is 42.3 Å². The number of furan rings is 1. The number of benzene rings is 2. The highest BCUT2D eigenvalue weighted by molar-refractivity contribution is 8.05. The molecule has 1 aliphatic rings. The van der Waals surface area contributed by atoms with E-state index in [4.69, 9.17) is 27.6 Å². The standard InChI is InChI=1S/C22H17Cl2N3O4S/c1-2-12-3-5-13(6-4-12)25-22-26-21(28)20(32-22)9-14-7-8-19(31-14)15-10-18(27(29)30)17(24)11-16(15)23/h3-11,22,25H,2H2,1H3,(H,26,28)/b20-9-/t22-/m1/s1. The van der Waals surface area contributed by atoms with Crippen molar-refractivity contribution in [2.45, 2.75) is 18.8 Å². The number of carbonyl (C=O) groups excluding carboxylic acids is 1. The first-order chi connectivity index (χ1) is 15.3. The van der Waals surface area contributed by atoms with Crippen molar-refractivity contribution < 1.29 is 14.1 Å². The molecule has 2 aromatic carbocycles. The number of nitrogens with zero attached hydrogens (tertiary/aromatic N) is 1. The Hall–Kier alpha value is -2.94. The van der Waals surface area contributed by atoms with Crippen molar-refractivity contribution >= 4 is 58.3 Å². The number of nitrogens with one attached hydrogen (secondary N) is 2. The van der Waals surface area contributed by atoms with Crippen molar-refractivity contribution in [1.29, 1.82) is 0 Å². The van der Waals surface area contributed by atoms with Crippen molar-refractivity contribution in [3.05, 3.63) is 84.9 Å². The maximum atomic E-state index is 12.4. The highest BCUT2D eigenvalue weighted by atomic mass is 35.5. The predicted molar refractivity (Wildman–Crippen MR) is 128 cm³/mol. The number of halogens is 2. The first kappa shape index (κ1) is 22.3. The molecule has 0 saturated carbocycles. The molecule has 32 heavy (non-hydrogen) atoms. The van der Waals surface area contributed by atoms with Crippen LogP contribution in [0.15, 0.2) is 57.9 Å². The van der Waals surface area contributed by atoms with Gasteiger partial charge in [-0.1, -0.05) is 54.0 Å². The molecule has 0 radical (unpaired) electrons. The molecule has 2 N–H and O–H groups in total. The molecule has 4 rings (SSSR count). The third-order valence-electron chi connectivity index (χ3n) is 4.79. The summed E-state index contributed by atoms with van der Waals surface area (Å²) in [7, 11) is 0. The molecule has 1 amide bonds. The highest BCUT2D eigenvalue weighted by Crippen LogP contribution is 2.38. The Morgan fingerprint density at radius 3 is 2.62 bits per heavy atom. The molecular weight excluding hydrogens is 473 g/mol. The van der Waals surface area contributed by atoms with Gasteiger partial charge in [0, 0.05) is 23.4 Å². The minimum Gasteiger partial charge on any atom is -0.457 e. The average Bonchev–Trinajstić information content (AvgIpc) is 3.35. The summed E-state index contributed by atoms with van der Waals surface area (Å²) >= 11 is 13.4. The summed E-state index contributed by atoms with van der Waals surface area (Å²) in [5.41, 5.74) is 1.89. The van der Waals surface area contributed by atoms with Crippen LogP contribution in [-0.2, 0) is 11.2 Å². The third-order valence-corrected chi connectivity index (χ3v) is 6.43. The van der Waals surface area contributed by atoms with Crippen LogP contribution in [0.25, 0.3) is 17.4 Å². The minimum atomic E-state index is -0.587. The fourth-order valence-corrected chi connectivity index (χ4v) is 4.63. The molecule has 0 unspecified atom stereocenters. The lowest BCUT2D eigenvalue weighted by atomic mass is 10.1. The van der Waals surface area contributed by atoms with Gasteiger partial charge in [0.2, 0.25) is 0 Å². The number of carbonyl (C=O) groups is 1. The predicted octanol–water partition coefficient (Wildman–Crippen LogP) is 6.32. The molecule has 0 bridgehead atoms. The summed E-state index contributed by atoms with van der Waals surface area (Å²) in [6.45, 7) is 2.09. The average molecular weight is 490 g/mol. The Balaban J connectivity index is 1.51. The maximum Gasteiger partial charge on any atom is 0.288 e. The van der Waals surface area contributed by atoms with Gasteiger partial charge in [0.15, 0.2) is 5.50 Å². The van der Waals surface area contributed by atoms with E-state index < -0.39 is 4.92 Å². The summed E-state index contributed by atoms with van der Waals surface area (Å²) in [4.78, 5) is 23.4. The van der Waals surface area contributed by atoms with E-state index in [0.29, 0.717) is 22.0 Å². The van der Waals surface area contributed by atoms with E-state index in [1.54, 1.807) is 18.2 Å². The van der Waals surface area contributed by atoms with Gasteiger partial charge in [0.05, 0.1) is 14.9 Å². The molecule has 0 spiro atoms. The number of amides is 1. The lowest BCUT2D eigenvalue weighted by Crippen LogP contribution is -2.30. The second kappa shape index (κ2) is 9.28. The van der Waals surface area contributed by atoms with E-state index >= 15 is 0 Å². The second-order valence-electron chi connectivity index (χ2n) is 6.92. The number of aryl methyl sites for hydroxylation is 1. The first-order valence-electron chi connectivity index (χ1n) is 9.62. The molecule has 1 aromatic heterocycles. The minimum absolute atomic E-state index is 0.0560. The van der Waals surface area contributed by atoms with Crippen LogP contribution in [0, 0.1) is 10.1 Å². The van der Waals surface area contributed by atoms with E-state index in [1.165, 1.54) is 29.5 Å². The Morgan fingerprint density at radius 2 is 1.94 bits per heavy atom. The van der Waals surface area contributed by atoms with Gasteiger partial charge >= 0.3 is 0 Å². The van der Waals surface area contributed by atoms with E-state index in [1.807, 2.05) is 24.3 Å². The van der Waals surface area contributed by atoms with Crippen molar-refractivity contribution in [3.8, 4) is 11.3 Å². The van der Waals surface area contributed by atoms with E-state index in [0.717, 1.165) is 12.1 Å². The van der Waals surface area contributed by atoms with Crippen LogP contribution in [-0.4, -0.2) is 16.3 Å². The lowest BCUT2D eigenvalue weighted by Gasteiger charge is -2.12. The number of nitro benzene ring substituents is 1. The summed E-state index contributed by atoms with van der Waals surface area (Å²) < 4.78 is 5.77. The monoisotopic (exact) mass is 489 g/mol. The topological polar surface area (TPSA) is 97.4 Å². The largest absolute Gasteiger partial charge is 0.457 e. The third kappa shape index (κ3) is 4.77. The van der Waals surface area contributed by atoms with Crippen LogP contribution in [0.2, 0.25) is 10.0 Å². The van der Waals surface area contributed by atoms with Gasteiger partial charge < -0.3 is 15.1 Å². The van der Waals surface area contributed by atoms with Crippen molar-refractivity contribution in [1.82, 2.24) is 5.32 Å². The Morgan fingerprint density at radius 1 is 1.19 bits per heavy atom. The molecule has 1 fully saturated rings. The normalized spacial score (nSPS) is 16.9. The van der Waals surface area contributed by atoms with E-state index in [9.17, 15) is 14.9 Å². The van der Waals surface area contributed by atoms with E-state index in [-0.39, 0.29) is 27.1 Å². The zero-order valence-electron chi connectivity index (χ0n) is 16.7. The summed E-state index contributed by atoms with van der Waals surface area (Å²) in [5, 5.41) is 17.5. The Bertz CT molecular complexity index is 1220. The van der Waals surface area contributed by atoms with Crippen molar-refractivity contribution in [2.24, 2.45) is 0 Å². The molecule has 3 aromatic rings. The first-order valence-corrected chi connectivity index (χ1v) is 11.3. The molecule has 10 heteroatoms. The number of rotatable bonds is 6. The smallest absolute Gasteiger partial charge is 0.288 e.